The first-order valence-electron chi connectivity index (χ1n) is 11.8. The summed E-state index contributed by atoms with van der Waals surface area (Å²) in [6.45, 7) is 0. The number of rotatable bonds is 6. The van der Waals surface area contributed by atoms with Gasteiger partial charge >= 0.3 is 29.7 Å². The first-order valence-corrected chi connectivity index (χ1v) is 13.4. The second-order valence-corrected chi connectivity index (χ2v) is 11.0. The normalized spacial score (nSPS) is 17.0. The summed E-state index contributed by atoms with van der Waals surface area (Å²) in [7, 11) is 1.89. The molecule has 0 N–H and O–H groups in total. The number of ether oxygens (including phenoxy) is 2. The van der Waals surface area contributed by atoms with Crippen LogP contribution in [0.1, 0.15) is 30.5 Å². The Kier molecular flexibility index (Phi) is 7.11. The largest absolute Gasteiger partial charge is 0.465 e. The number of hydrogen-bond acceptors (Lipinski definition) is 6. The van der Waals surface area contributed by atoms with E-state index in [1.165, 1.54) is 0 Å². The highest BCUT2D eigenvalue weighted by Gasteiger charge is 2.80. The van der Waals surface area contributed by atoms with E-state index in [9.17, 15) is 9.59 Å². The average Bonchev–Trinajstić information content (AvgIpc) is 3.63. The van der Waals surface area contributed by atoms with E-state index in [0.717, 1.165) is 26.4 Å². The van der Waals surface area contributed by atoms with Crippen molar-refractivity contribution in [3.05, 3.63) is 93.7 Å². The third kappa shape index (κ3) is 4.36. The molecule has 12 heteroatoms. The van der Waals surface area contributed by atoms with Crippen molar-refractivity contribution in [2.24, 2.45) is 0 Å². The summed E-state index contributed by atoms with van der Waals surface area (Å²) in [5.41, 5.74) is -4.38. The Labute approximate surface area is 237 Å². The molecule has 0 bridgehead atoms. The van der Waals surface area contributed by atoms with Gasteiger partial charge in [-0.05, 0) is 23.3 Å². The minimum Gasteiger partial charge on any atom is -0.465 e. The van der Waals surface area contributed by atoms with Gasteiger partial charge in [0, 0.05) is 32.0 Å². The van der Waals surface area contributed by atoms with Gasteiger partial charge in [-0.15, -0.1) is 22.7 Å². The fourth-order valence-corrected chi connectivity index (χ4v) is 6.74. The molecule has 2 aromatic carbocycles. The standard InChI is InChI=1S/C29H18F6O4S2/c1-38-25(36)23-17(13-19(40-23)15-9-5-3-6-10-15)21-22(28(32,33)29(34,35)27(21,30)31)18-14-20(16-11-7-4-8-12-16)41-24(18)26(37)39-2/h3-14H,1-2H3. The van der Waals surface area contributed by atoms with Gasteiger partial charge < -0.3 is 9.47 Å². The van der Waals surface area contributed by atoms with Crippen LogP contribution in [0.15, 0.2) is 72.8 Å². The highest BCUT2D eigenvalue weighted by atomic mass is 32.1. The van der Waals surface area contributed by atoms with Crippen molar-refractivity contribution in [1.82, 2.24) is 0 Å². The predicted molar refractivity (Wildman–Crippen MR) is 144 cm³/mol. The van der Waals surface area contributed by atoms with Crippen molar-refractivity contribution in [2.45, 2.75) is 17.8 Å². The number of allylic oxidation sites excluding steroid dienone is 2. The third-order valence-corrected chi connectivity index (χ3v) is 8.86. The average molecular weight is 609 g/mol. The lowest BCUT2D eigenvalue weighted by Crippen LogP contribution is -2.49. The van der Waals surface area contributed by atoms with Gasteiger partial charge in [0.25, 0.3) is 0 Å². The van der Waals surface area contributed by atoms with Gasteiger partial charge in [-0.25, -0.2) is 9.59 Å². The summed E-state index contributed by atoms with van der Waals surface area (Å²) in [6, 6.07) is 18.0. The molecule has 0 fully saturated rings. The lowest BCUT2D eigenvalue weighted by Gasteiger charge is -2.25. The lowest BCUT2D eigenvalue weighted by molar-refractivity contribution is -0.254. The summed E-state index contributed by atoms with van der Waals surface area (Å²) in [5, 5.41) is 0. The van der Waals surface area contributed by atoms with Crippen LogP contribution in [0.2, 0.25) is 0 Å². The van der Waals surface area contributed by atoms with Crippen molar-refractivity contribution in [3.63, 3.8) is 0 Å². The van der Waals surface area contributed by atoms with E-state index < -0.39 is 61.7 Å². The van der Waals surface area contributed by atoms with Crippen LogP contribution in [0.3, 0.4) is 0 Å². The molecule has 41 heavy (non-hydrogen) atoms. The monoisotopic (exact) mass is 608 g/mol. The number of thiophene rings is 2. The maximum atomic E-state index is 15.7. The molecule has 4 aromatic rings. The van der Waals surface area contributed by atoms with Gasteiger partial charge in [0.15, 0.2) is 0 Å². The van der Waals surface area contributed by atoms with Gasteiger partial charge in [-0.3, -0.25) is 0 Å². The van der Waals surface area contributed by atoms with Crippen LogP contribution in [-0.4, -0.2) is 43.9 Å². The summed E-state index contributed by atoms with van der Waals surface area (Å²) < 4.78 is 102. The van der Waals surface area contributed by atoms with E-state index in [1.807, 2.05) is 0 Å². The van der Waals surface area contributed by atoms with Crippen LogP contribution < -0.4 is 0 Å². The van der Waals surface area contributed by atoms with Crippen LogP contribution >= 0.6 is 22.7 Å². The zero-order chi connectivity index (χ0) is 29.7. The molecule has 0 saturated heterocycles. The molecule has 0 spiro atoms. The zero-order valence-corrected chi connectivity index (χ0v) is 22.8. The molecule has 1 aliphatic carbocycles. The minimum absolute atomic E-state index is 0.172. The Morgan fingerprint density at radius 2 is 0.951 bits per heavy atom. The van der Waals surface area contributed by atoms with Crippen molar-refractivity contribution in [2.75, 3.05) is 14.2 Å². The Morgan fingerprint density at radius 3 is 1.27 bits per heavy atom. The van der Waals surface area contributed by atoms with Crippen LogP contribution in [0.25, 0.3) is 32.0 Å². The number of carbonyl (C=O) groups is 2. The minimum atomic E-state index is -5.91. The second-order valence-electron chi connectivity index (χ2n) is 8.90. The third-order valence-electron chi connectivity index (χ3n) is 6.53. The van der Waals surface area contributed by atoms with Gasteiger partial charge in [0.05, 0.1) is 14.2 Å². The van der Waals surface area contributed by atoms with Gasteiger partial charge in [-0.2, -0.15) is 26.3 Å². The van der Waals surface area contributed by atoms with Crippen molar-refractivity contribution < 1.29 is 45.4 Å². The van der Waals surface area contributed by atoms with E-state index in [2.05, 4.69) is 0 Å². The maximum absolute atomic E-state index is 15.7. The molecule has 212 valence electrons. The van der Waals surface area contributed by atoms with Crippen LogP contribution in [0.4, 0.5) is 26.3 Å². The van der Waals surface area contributed by atoms with Crippen LogP contribution in [0.5, 0.6) is 0 Å². The van der Waals surface area contributed by atoms with Crippen LogP contribution in [-0.2, 0) is 9.47 Å². The SMILES string of the molecule is COC(=O)c1sc(-c2ccccc2)cc1C1=C(c2cc(-c3ccccc3)sc2C(=O)OC)C(F)(F)C(F)(F)C1(F)F. The molecule has 1 aliphatic rings. The predicted octanol–water partition coefficient (Wildman–Crippen LogP) is 8.55. The van der Waals surface area contributed by atoms with E-state index in [0.29, 0.717) is 33.8 Å². The molecule has 0 aliphatic heterocycles. The zero-order valence-electron chi connectivity index (χ0n) is 21.1. The Morgan fingerprint density at radius 1 is 0.610 bits per heavy atom. The molecular weight excluding hydrogens is 590 g/mol. The molecule has 0 radical (unpaired) electrons. The number of methoxy groups -OCH3 is 2. The van der Waals surface area contributed by atoms with E-state index in [4.69, 9.17) is 9.47 Å². The van der Waals surface area contributed by atoms with Crippen molar-refractivity contribution in [3.8, 4) is 20.9 Å². The van der Waals surface area contributed by atoms with E-state index >= 15 is 26.3 Å². The smallest absolute Gasteiger partial charge is 0.380 e. The van der Waals surface area contributed by atoms with Crippen molar-refractivity contribution >= 4 is 45.8 Å². The molecular formula is C29H18F6O4S2. The fourth-order valence-electron chi connectivity index (χ4n) is 4.56. The number of benzene rings is 2. The van der Waals surface area contributed by atoms with Gasteiger partial charge in [-0.1, -0.05) is 60.7 Å². The summed E-state index contributed by atoms with van der Waals surface area (Å²) >= 11 is 1.25. The fraction of sp³-hybridized carbons (Fsp3) is 0.172. The van der Waals surface area contributed by atoms with Gasteiger partial charge in [0.2, 0.25) is 0 Å². The molecule has 2 aromatic heterocycles. The highest BCUT2D eigenvalue weighted by molar-refractivity contribution is 7.18. The number of alkyl halides is 6. The topological polar surface area (TPSA) is 52.6 Å². The molecule has 2 heterocycles. The molecule has 5 rings (SSSR count). The summed E-state index contributed by atoms with van der Waals surface area (Å²) in [4.78, 5) is 24.6. The molecule has 0 saturated carbocycles. The van der Waals surface area contributed by atoms with Crippen LogP contribution in [0, 0.1) is 0 Å². The quantitative estimate of drug-likeness (QED) is 0.163. The number of halogens is 6. The Balaban J connectivity index is 1.89. The molecule has 0 atom stereocenters. The summed E-state index contributed by atoms with van der Waals surface area (Å²) in [5.74, 6) is -19.2. The van der Waals surface area contributed by atoms with E-state index in [1.54, 1.807) is 60.7 Å². The summed E-state index contributed by atoms with van der Waals surface area (Å²) in [6.07, 6.45) is 0. The maximum Gasteiger partial charge on any atom is 0.380 e. The molecule has 0 unspecified atom stereocenters. The number of carbonyl (C=O) groups excluding carboxylic acids is 2. The number of esters is 2. The first kappa shape index (κ1) is 28.6. The van der Waals surface area contributed by atoms with Gasteiger partial charge in [0.1, 0.15) is 9.75 Å². The second kappa shape index (κ2) is 10.2. The molecule has 0 amide bonds. The number of hydrogen-bond donors (Lipinski definition) is 0. The molecule has 4 nitrogen and oxygen atoms in total. The Hall–Kier alpha value is -3.90. The highest BCUT2D eigenvalue weighted by Crippen LogP contribution is 2.66. The van der Waals surface area contributed by atoms with Crippen molar-refractivity contribution in [1.29, 1.82) is 0 Å². The van der Waals surface area contributed by atoms with E-state index in [-0.39, 0.29) is 9.75 Å². The first-order chi connectivity index (χ1) is 19.4. The Bertz CT molecular complexity index is 1550. The lowest BCUT2D eigenvalue weighted by atomic mass is 9.94.